The minimum atomic E-state index is -4.53. The molecule has 0 saturated heterocycles. The molecule has 0 spiro atoms. The highest BCUT2D eigenvalue weighted by atomic mass is 32.2. The first kappa shape index (κ1) is 33.7. The summed E-state index contributed by atoms with van der Waals surface area (Å²) in [5.74, 6) is 3.19. The van der Waals surface area contributed by atoms with Gasteiger partial charge in [-0.2, -0.15) is 4.33 Å². The monoisotopic (exact) mass is 658 g/mol. The molecule has 4 aromatic carbocycles. The van der Waals surface area contributed by atoms with Gasteiger partial charge in [0.1, 0.15) is 84.3 Å². The van der Waals surface area contributed by atoms with E-state index in [0.29, 0.717) is 40.2 Å². The maximum absolute atomic E-state index is 11.1. The van der Waals surface area contributed by atoms with Gasteiger partial charge in [0.2, 0.25) is 0 Å². The Labute approximate surface area is 265 Å². The largest absolute Gasteiger partial charge is 0.744 e. The maximum Gasteiger partial charge on any atom is 0.126 e. The normalized spacial score (nSPS) is 11.1. The summed E-state index contributed by atoms with van der Waals surface area (Å²) in [6, 6.07) is 24.9. The number of aryl methyl sites for hydroxylation is 1. The number of ether oxygens (including phenoxy) is 6. The van der Waals surface area contributed by atoms with Crippen molar-refractivity contribution in [1.82, 2.24) is 0 Å². The molecule has 0 aliphatic heterocycles. The fraction of sp³-hybridized carbons (Fsp3) is 0.226. The van der Waals surface area contributed by atoms with Crippen LogP contribution in [0.4, 0.5) is 0 Å². The summed E-state index contributed by atoms with van der Waals surface area (Å²) in [6.07, 6.45) is 0. The Morgan fingerprint density at radius 3 is 1.29 bits per heavy atom. The highest BCUT2D eigenvalue weighted by Gasteiger charge is 2.07. The van der Waals surface area contributed by atoms with Crippen molar-refractivity contribution < 1.29 is 56.0 Å². The minimum absolute atomic E-state index is 0.149. The van der Waals surface area contributed by atoms with Gasteiger partial charge in [0.25, 0.3) is 0 Å². The second-order valence-corrected chi connectivity index (χ2v) is 11.3. The molecule has 0 heterocycles. The number of benzene rings is 4. The van der Waals surface area contributed by atoms with Crippen LogP contribution in [0.1, 0.15) is 5.56 Å². The minimum Gasteiger partial charge on any atom is -0.744 e. The number of rotatable bonds is 19. The van der Waals surface area contributed by atoms with Gasteiger partial charge in [-0.05, 0) is 67.6 Å². The number of hydrogen-bond donors (Lipinski definition) is 0. The van der Waals surface area contributed by atoms with Crippen LogP contribution >= 0.6 is 12.0 Å². The fourth-order valence-corrected chi connectivity index (χ4v) is 4.56. The van der Waals surface area contributed by atoms with E-state index in [1.807, 2.05) is 31.2 Å². The molecule has 0 fully saturated rings. The van der Waals surface area contributed by atoms with Crippen molar-refractivity contribution in [3.05, 3.63) is 96.6 Å². The first-order chi connectivity index (χ1) is 21.8. The Hall–Kier alpha value is -4.18. The first-order valence-electron chi connectivity index (χ1n) is 13.6. The zero-order chi connectivity index (χ0) is 31.9. The maximum atomic E-state index is 11.1. The van der Waals surface area contributed by atoms with Crippen LogP contribution in [0.25, 0.3) is 0 Å². The fourth-order valence-electron chi connectivity index (χ4n) is 3.73. The Balaban J connectivity index is 1.29. The summed E-state index contributed by atoms with van der Waals surface area (Å²) in [5.41, 5.74) is 1.14. The molecule has 0 radical (unpaired) electrons. The van der Waals surface area contributed by atoms with E-state index >= 15 is 0 Å². The zero-order valence-electron chi connectivity index (χ0n) is 24.1. The van der Waals surface area contributed by atoms with E-state index in [-0.39, 0.29) is 37.9 Å². The van der Waals surface area contributed by atoms with E-state index in [0.717, 1.165) is 23.4 Å². The standard InChI is InChI=1S/C31H32O12S2/c1-23-2-4-24(5-3-23)36-14-17-39-27-20-28(40-18-15-37-25-6-10-30(11-7-25)44-43-42-32)22-29(21-27)41-19-16-38-26-8-12-31(13-9-26)45(33,34)35/h2-13,20-22,32H,14-19H2,1H3,(H,33,34,35)/p-2. The molecule has 0 saturated carbocycles. The lowest BCUT2D eigenvalue weighted by Crippen LogP contribution is -2.12. The lowest BCUT2D eigenvalue weighted by atomic mass is 10.2. The molecule has 4 rings (SSSR count). The summed E-state index contributed by atoms with van der Waals surface area (Å²) in [5, 5.41) is 13.3. The summed E-state index contributed by atoms with van der Waals surface area (Å²) >= 11 is 0.786. The highest BCUT2D eigenvalue weighted by Crippen LogP contribution is 2.28. The molecule has 0 N–H and O–H groups in total. The van der Waals surface area contributed by atoms with Crippen LogP contribution in [0, 0.1) is 6.92 Å². The second-order valence-electron chi connectivity index (χ2n) is 9.16. The van der Waals surface area contributed by atoms with Crippen molar-refractivity contribution in [3.8, 4) is 34.5 Å². The van der Waals surface area contributed by atoms with Gasteiger partial charge in [-0.3, -0.25) is 5.04 Å². The van der Waals surface area contributed by atoms with Crippen molar-refractivity contribution >= 4 is 22.2 Å². The van der Waals surface area contributed by atoms with Crippen LogP contribution in [0.15, 0.2) is 101 Å². The lowest BCUT2D eigenvalue weighted by Gasteiger charge is -2.14. The van der Waals surface area contributed by atoms with E-state index in [9.17, 15) is 18.2 Å². The molecule has 0 amide bonds. The number of hydrogen-bond acceptors (Lipinski definition) is 13. The molecule has 12 nitrogen and oxygen atoms in total. The molecule has 0 atom stereocenters. The third-order valence-corrected chi connectivity index (χ3v) is 7.27. The van der Waals surface area contributed by atoms with E-state index in [1.165, 1.54) is 24.3 Å². The smallest absolute Gasteiger partial charge is 0.126 e. The van der Waals surface area contributed by atoms with E-state index in [1.54, 1.807) is 42.5 Å². The lowest BCUT2D eigenvalue weighted by molar-refractivity contribution is -0.777. The van der Waals surface area contributed by atoms with Crippen molar-refractivity contribution in [2.75, 3.05) is 39.6 Å². The molecule has 0 bridgehead atoms. The molecule has 0 aliphatic carbocycles. The van der Waals surface area contributed by atoms with Gasteiger partial charge in [0.15, 0.2) is 0 Å². The molecule has 14 heteroatoms. The van der Waals surface area contributed by atoms with Gasteiger partial charge in [-0.25, -0.2) is 8.42 Å². The SMILES string of the molecule is Cc1ccc(OCCOc2cc(OCCOc3ccc(SOO[O-])cc3)cc(OCCOc3ccc(S(=O)(=O)[O-])cc3)c2)cc1. The molecule has 4 aromatic rings. The van der Waals surface area contributed by atoms with Crippen LogP contribution in [0.5, 0.6) is 34.5 Å². The second kappa shape index (κ2) is 17.3. The Bertz CT molecular complexity index is 1560. The van der Waals surface area contributed by atoms with Crippen LogP contribution < -0.4 is 33.7 Å². The molecule has 240 valence electrons. The predicted molar refractivity (Wildman–Crippen MR) is 159 cm³/mol. The van der Waals surface area contributed by atoms with Crippen molar-refractivity contribution in [2.24, 2.45) is 0 Å². The van der Waals surface area contributed by atoms with Crippen LogP contribution in [-0.4, -0.2) is 52.6 Å². The molecule has 0 unspecified atom stereocenters. The Morgan fingerprint density at radius 1 is 0.556 bits per heavy atom. The van der Waals surface area contributed by atoms with Crippen molar-refractivity contribution in [1.29, 1.82) is 0 Å². The van der Waals surface area contributed by atoms with Crippen LogP contribution in [0.2, 0.25) is 0 Å². The van der Waals surface area contributed by atoms with Gasteiger partial charge in [-0.1, -0.05) is 17.7 Å². The van der Waals surface area contributed by atoms with Crippen LogP contribution in [-0.2, 0) is 19.5 Å². The van der Waals surface area contributed by atoms with Crippen molar-refractivity contribution in [2.45, 2.75) is 16.7 Å². The van der Waals surface area contributed by atoms with Gasteiger partial charge < -0.3 is 38.2 Å². The highest BCUT2D eigenvalue weighted by molar-refractivity contribution is 7.94. The van der Waals surface area contributed by atoms with Gasteiger partial charge in [0, 0.05) is 23.1 Å². The Kier molecular flexibility index (Phi) is 13.0. The summed E-state index contributed by atoms with van der Waals surface area (Å²) in [6.45, 7) is 3.38. The van der Waals surface area contributed by atoms with Crippen molar-refractivity contribution in [3.63, 3.8) is 0 Å². The third-order valence-electron chi connectivity index (χ3n) is 5.83. The van der Waals surface area contributed by atoms with Gasteiger partial charge >= 0.3 is 0 Å². The van der Waals surface area contributed by atoms with E-state index < -0.39 is 10.1 Å². The molecule has 0 aromatic heterocycles. The van der Waals surface area contributed by atoms with Gasteiger partial charge in [-0.15, -0.1) is 0 Å². The molecule has 45 heavy (non-hydrogen) atoms. The molecule has 0 aliphatic rings. The Morgan fingerprint density at radius 2 is 0.911 bits per heavy atom. The predicted octanol–water partition coefficient (Wildman–Crippen LogP) is 4.50. The summed E-state index contributed by atoms with van der Waals surface area (Å²) in [4.78, 5) is 0.334. The molecular weight excluding hydrogens is 628 g/mol. The zero-order valence-corrected chi connectivity index (χ0v) is 25.8. The quantitative estimate of drug-likeness (QED) is 0.0457. The molecular formula is C31H30O12S2-2. The van der Waals surface area contributed by atoms with E-state index in [4.69, 9.17) is 28.4 Å². The topological polar surface area (TPSA) is 154 Å². The van der Waals surface area contributed by atoms with Gasteiger partial charge in [0.05, 0.1) is 16.9 Å². The third kappa shape index (κ3) is 12.0. The summed E-state index contributed by atoms with van der Waals surface area (Å²) in [7, 11) is -4.53. The first-order valence-corrected chi connectivity index (χ1v) is 15.7. The van der Waals surface area contributed by atoms with Crippen LogP contribution in [0.3, 0.4) is 0 Å². The summed E-state index contributed by atoms with van der Waals surface area (Å²) < 4.78 is 72.3. The van der Waals surface area contributed by atoms with E-state index in [2.05, 4.69) is 9.37 Å². The average Bonchev–Trinajstić information content (AvgIpc) is 3.04. The average molecular weight is 659 g/mol.